The smallest absolute Gasteiger partial charge is 0.363 e. The van der Waals surface area contributed by atoms with Gasteiger partial charge in [-0.1, -0.05) is 23.2 Å². The van der Waals surface area contributed by atoms with Crippen molar-refractivity contribution in [2.24, 2.45) is 0 Å². The first-order valence-corrected chi connectivity index (χ1v) is 5.18. The molecular formula is C10H10Cl2O3. The summed E-state index contributed by atoms with van der Waals surface area (Å²) in [6, 6.07) is 6.53. The summed E-state index contributed by atoms with van der Waals surface area (Å²) in [6.45, 7) is 1.97. The summed E-state index contributed by atoms with van der Waals surface area (Å²) in [6.07, 6.45) is 0. The first-order chi connectivity index (χ1) is 7.13. The molecule has 0 aromatic heterocycles. The first-order valence-electron chi connectivity index (χ1n) is 4.36. The van der Waals surface area contributed by atoms with Gasteiger partial charge in [0, 0.05) is 5.02 Å². The molecular weight excluding hydrogens is 239 g/mol. The number of benzene rings is 1. The second kappa shape index (κ2) is 5.83. The third-order valence-electron chi connectivity index (χ3n) is 1.53. The van der Waals surface area contributed by atoms with Gasteiger partial charge in [-0.05, 0) is 31.2 Å². The average molecular weight is 249 g/mol. The average Bonchev–Trinajstić information content (AvgIpc) is 2.22. The summed E-state index contributed by atoms with van der Waals surface area (Å²) in [4.78, 5) is 11.1. The van der Waals surface area contributed by atoms with Crippen LogP contribution in [0.2, 0.25) is 5.02 Å². The molecule has 0 aliphatic rings. The molecule has 0 saturated heterocycles. The van der Waals surface area contributed by atoms with Crippen LogP contribution in [0.25, 0.3) is 0 Å². The number of carbonyl (C=O) groups is 1. The molecule has 0 saturated carbocycles. The Balaban J connectivity index is 2.54. The van der Waals surface area contributed by atoms with Gasteiger partial charge in [-0.2, -0.15) is 0 Å². The fourth-order valence-electron chi connectivity index (χ4n) is 0.889. The Kier molecular flexibility index (Phi) is 4.72. The van der Waals surface area contributed by atoms with Crippen LogP contribution in [0.15, 0.2) is 24.3 Å². The summed E-state index contributed by atoms with van der Waals surface area (Å²) in [5.74, 6) is -0.137. The van der Waals surface area contributed by atoms with E-state index in [1.807, 2.05) is 0 Å². The minimum Gasteiger partial charge on any atom is -0.463 e. The maximum Gasteiger partial charge on any atom is 0.363 e. The Bertz CT molecular complexity index is 324. The van der Waals surface area contributed by atoms with Gasteiger partial charge in [-0.15, -0.1) is 0 Å². The highest BCUT2D eigenvalue weighted by molar-refractivity contribution is 6.30. The number of carbonyl (C=O) groups excluding carboxylic acids is 1. The second-order valence-electron chi connectivity index (χ2n) is 2.64. The lowest BCUT2D eigenvalue weighted by atomic mass is 10.3. The van der Waals surface area contributed by atoms with Crippen LogP contribution in [0, 0.1) is 0 Å². The molecule has 3 nitrogen and oxygen atoms in total. The monoisotopic (exact) mass is 248 g/mol. The van der Waals surface area contributed by atoms with Gasteiger partial charge in [0.25, 0.3) is 5.56 Å². The van der Waals surface area contributed by atoms with E-state index in [4.69, 9.17) is 27.9 Å². The van der Waals surface area contributed by atoms with Crippen molar-refractivity contribution in [3.63, 3.8) is 0 Å². The van der Waals surface area contributed by atoms with E-state index in [2.05, 4.69) is 4.74 Å². The number of alkyl halides is 1. The molecule has 1 aromatic rings. The minimum atomic E-state index is -1.13. The van der Waals surface area contributed by atoms with Gasteiger partial charge in [0.15, 0.2) is 0 Å². The predicted molar refractivity (Wildman–Crippen MR) is 58.4 cm³/mol. The fraction of sp³-hybridized carbons (Fsp3) is 0.300. The van der Waals surface area contributed by atoms with Crippen LogP contribution in [0.5, 0.6) is 5.75 Å². The lowest BCUT2D eigenvalue weighted by Crippen LogP contribution is -2.23. The van der Waals surface area contributed by atoms with Crippen molar-refractivity contribution in [1.82, 2.24) is 0 Å². The third-order valence-corrected chi connectivity index (χ3v) is 2.04. The van der Waals surface area contributed by atoms with Crippen LogP contribution in [0.1, 0.15) is 6.92 Å². The fourth-order valence-corrected chi connectivity index (χ4v) is 1.18. The molecule has 5 heteroatoms. The maximum atomic E-state index is 11.1. The summed E-state index contributed by atoms with van der Waals surface area (Å²) in [7, 11) is 0. The number of hydrogen-bond acceptors (Lipinski definition) is 3. The predicted octanol–water partition coefficient (Wildman–Crippen LogP) is 2.85. The van der Waals surface area contributed by atoms with Crippen molar-refractivity contribution in [2.45, 2.75) is 12.5 Å². The highest BCUT2D eigenvalue weighted by Gasteiger charge is 2.17. The van der Waals surface area contributed by atoms with E-state index in [0.717, 1.165) is 0 Å². The summed E-state index contributed by atoms with van der Waals surface area (Å²) in [5, 5.41) is 0.588. The van der Waals surface area contributed by atoms with E-state index < -0.39 is 11.5 Å². The maximum absolute atomic E-state index is 11.1. The van der Waals surface area contributed by atoms with Crippen LogP contribution in [-0.4, -0.2) is 18.1 Å². The second-order valence-corrected chi connectivity index (χ2v) is 3.47. The number of halogens is 2. The molecule has 0 aliphatic carbocycles. The van der Waals surface area contributed by atoms with Crippen LogP contribution in [0.3, 0.4) is 0 Å². The van der Waals surface area contributed by atoms with Crippen molar-refractivity contribution in [3.05, 3.63) is 29.3 Å². The lowest BCUT2D eigenvalue weighted by Gasteiger charge is -2.11. The Morgan fingerprint density at radius 2 is 2.00 bits per heavy atom. The number of esters is 1. The normalized spacial score (nSPS) is 11.9. The Morgan fingerprint density at radius 1 is 1.40 bits per heavy atom. The molecule has 0 bridgehead atoms. The van der Waals surface area contributed by atoms with Crippen LogP contribution in [0.4, 0.5) is 0 Å². The molecule has 0 spiro atoms. The molecule has 1 atom stereocenters. The number of rotatable bonds is 4. The molecule has 0 fully saturated rings. The summed E-state index contributed by atoms with van der Waals surface area (Å²) < 4.78 is 9.79. The Hall–Kier alpha value is -0.930. The van der Waals surface area contributed by atoms with E-state index in [1.165, 1.54) is 0 Å². The van der Waals surface area contributed by atoms with Crippen molar-refractivity contribution in [2.75, 3.05) is 6.61 Å². The zero-order valence-electron chi connectivity index (χ0n) is 8.07. The van der Waals surface area contributed by atoms with Gasteiger partial charge in [-0.3, -0.25) is 0 Å². The van der Waals surface area contributed by atoms with Crippen molar-refractivity contribution in [1.29, 1.82) is 0 Å². The molecule has 82 valence electrons. The molecule has 1 aromatic carbocycles. The highest BCUT2D eigenvalue weighted by atomic mass is 35.5. The van der Waals surface area contributed by atoms with E-state index in [1.54, 1.807) is 31.2 Å². The van der Waals surface area contributed by atoms with Gasteiger partial charge in [0.05, 0.1) is 6.61 Å². The zero-order valence-corrected chi connectivity index (χ0v) is 9.59. The molecule has 0 N–H and O–H groups in total. The lowest BCUT2D eigenvalue weighted by molar-refractivity contribution is -0.147. The van der Waals surface area contributed by atoms with E-state index in [9.17, 15) is 4.79 Å². The van der Waals surface area contributed by atoms with Gasteiger partial charge in [-0.25, -0.2) is 4.79 Å². The Morgan fingerprint density at radius 3 is 2.53 bits per heavy atom. The SMILES string of the molecule is CCOC(=O)C(Cl)Oc1ccc(Cl)cc1. The van der Waals surface area contributed by atoms with Crippen LogP contribution < -0.4 is 4.74 Å². The molecule has 15 heavy (non-hydrogen) atoms. The molecule has 0 heterocycles. The van der Waals surface area contributed by atoms with Crippen molar-refractivity contribution >= 4 is 29.2 Å². The van der Waals surface area contributed by atoms with Crippen molar-refractivity contribution < 1.29 is 14.3 Å². The molecule has 1 rings (SSSR count). The number of hydrogen-bond donors (Lipinski definition) is 0. The topological polar surface area (TPSA) is 35.5 Å². The first kappa shape index (κ1) is 12.1. The highest BCUT2D eigenvalue weighted by Crippen LogP contribution is 2.18. The van der Waals surface area contributed by atoms with Crippen molar-refractivity contribution in [3.8, 4) is 5.75 Å². The van der Waals surface area contributed by atoms with Gasteiger partial charge < -0.3 is 9.47 Å². The van der Waals surface area contributed by atoms with E-state index in [-0.39, 0.29) is 6.61 Å². The van der Waals surface area contributed by atoms with Crippen LogP contribution >= 0.6 is 23.2 Å². The van der Waals surface area contributed by atoms with Gasteiger partial charge in [0.2, 0.25) is 0 Å². The van der Waals surface area contributed by atoms with E-state index >= 15 is 0 Å². The molecule has 1 unspecified atom stereocenters. The molecule has 0 aliphatic heterocycles. The summed E-state index contributed by atoms with van der Waals surface area (Å²) >= 11 is 11.3. The number of ether oxygens (including phenoxy) is 2. The third kappa shape index (κ3) is 3.98. The molecule has 0 radical (unpaired) electrons. The summed E-state index contributed by atoms with van der Waals surface area (Å²) in [5.41, 5.74) is -1.13. The molecule has 0 amide bonds. The standard InChI is InChI=1S/C10H10Cl2O3/c1-2-14-10(13)9(12)15-8-5-3-7(11)4-6-8/h3-6,9H,2H2,1H3. The zero-order chi connectivity index (χ0) is 11.3. The van der Waals surface area contributed by atoms with Gasteiger partial charge in [0.1, 0.15) is 5.75 Å². The minimum absolute atomic E-state index is 0.270. The quantitative estimate of drug-likeness (QED) is 0.608. The van der Waals surface area contributed by atoms with Crippen LogP contribution in [-0.2, 0) is 9.53 Å². The van der Waals surface area contributed by atoms with E-state index in [0.29, 0.717) is 10.8 Å². The van der Waals surface area contributed by atoms with Gasteiger partial charge >= 0.3 is 5.97 Å². The Labute approximate surface area is 97.9 Å². The largest absolute Gasteiger partial charge is 0.463 e.